The molecular weight excluding hydrogens is 276 g/mol. The lowest BCUT2D eigenvalue weighted by Crippen LogP contribution is -2.16. The number of aromatic amines is 1. The van der Waals surface area contributed by atoms with Gasteiger partial charge in [-0.15, -0.1) is 5.10 Å². The summed E-state index contributed by atoms with van der Waals surface area (Å²) in [4.78, 5) is 23.1. The molecule has 1 fully saturated rings. The van der Waals surface area contributed by atoms with E-state index in [1.807, 2.05) is 0 Å². The molecule has 0 radical (unpaired) electrons. The Hall–Kier alpha value is -2.33. The number of aromatic nitrogens is 3. The first kappa shape index (κ1) is 12.7. The third-order valence-corrected chi connectivity index (χ3v) is 4.09. The number of benzene rings is 1. The fourth-order valence-corrected chi connectivity index (χ4v) is 2.88. The third-order valence-electron chi connectivity index (χ3n) is 3.05. The maximum Gasteiger partial charge on any atom is 0.344 e. The number of carbonyl (C=O) groups excluding carboxylic acids is 1. The lowest BCUT2D eigenvalue weighted by Gasteiger charge is -2.05. The number of nitrogens with one attached hydrogen (secondary N) is 1. The minimum absolute atomic E-state index is 0.212. The number of rotatable bonds is 4. The highest BCUT2D eigenvalue weighted by Crippen LogP contribution is 2.38. The van der Waals surface area contributed by atoms with Gasteiger partial charge >= 0.3 is 5.69 Å². The van der Waals surface area contributed by atoms with Crippen molar-refractivity contribution in [1.82, 2.24) is 14.8 Å². The molecule has 0 amide bonds. The van der Waals surface area contributed by atoms with E-state index in [4.69, 9.17) is 5.26 Å². The first-order valence-corrected chi connectivity index (χ1v) is 6.88. The first-order chi connectivity index (χ1) is 9.72. The molecule has 0 saturated heterocycles. The SMILES string of the molecule is N#Cc1cc(C=O)ccc1Sc1n[nH]c(=O)n1C1CC1. The van der Waals surface area contributed by atoms with Gasteiger partial charge < -0.3 is 0 Å². The van der Waals surface area contributed by atoms with Gasteiger partial charge in [0.1, 0.15) is 12.4 Å². The fraction of sp³-hybridized carbons (Fsp3) is 0.231. The number of aldehydes is 1. The summed E-state index contributed by atoms with van der Waals surface area (Å²) in [5.41, 5.74) is 0.628. The molecule has 1 aliphatic carbocycles. The molecule has 1 aliphatic rings. The predicted octanol–water partition coefficient (Wildman–Crippen LogP) is 1.74. The molecular formula is C13H10N4O2S. The van der Waals surface area contributed by atoms with Crippen LogP contribution in [0.4, 0.5) is 0 Å². The monoisotopic (exact) mass is 286 g/mol. The molecule has 6 nitrogen and oxygen atoms in total. The third kappa shape index (κ3) is 2.26. The fourth-order valence-electron chi connectivity index (χ4n) is 1.91. The molecule has 1 N–H and O–H groups in total. The molecule has 2 aromatic rings. The number of nitrogens with zero attached hydrogens (tertiary/aromatic N) is 3. The topological polar surface area (TPSA) is 91.5 Å². The Kier molecular flexibility index (Phi) is 3.16. The second kappa shape index (κ2) is 4.98. The van der Waals surface area contributed by atoms with Gasteiger partial charge in [-0.1, -0.05) is 6.07 Å². The Bertz CT molecular complexity index is 767. The molecule has 0 bridgehead atoms. The van der Waals surface area contributed by atoms with Gasteiger partial charge in [-0.25, -0.2) is 9.89 Å². The van der Waals surface area contributed by atoms with Crippen molar-refractivity contribution in [3.8, 4) is 6.07 Å². The summed E-state index contributed by atoms with van der Waals surface area (Å²) in [7, 11) is 0. The van der Waals surface area contributed by atoms with Gasteiger partial charge in [-0.2, -0.15) is 5.26 Å². The van der Waals surface area contributed by atoms with Crippen LogP contribution in [0.15, 0.2) is 33.0 Å². The Morgan fingerprint density at radius 3 is 2.95 bits per heavy atom. The van der Waals surface area contributed by atoms with E-state index in [1.165, 1.54) is 17.8 Å². The van der Waals surface area contributed by atoms with Crippen molar-refractivity contribution in [1.29, 1.82) is 5.26 Å². The first-order valence-electron chi connectivity index (χ1n) is 6.07. The molecule has 20 heavy (non-hydrogen) atoms. The summed E-state index contributed by atoms with van der Waals surface area (Å²) in [5, 5.41) is 16.1. The highest BCUT2D eigenvalue weighted by molar-refractivity contribution is 7.99. The molecule has 0 spiro atoms. The highest BCUT2D eigenvalue weighted by atomic mass is 32.2. The van der Waals surface area contributed by atoms with Gasteiger partial charge in [0.15, 0.2) is 5.16 Å². The van der Waals surface area contributed by atoms with Crippen LogP contribution in [0.5, 0.6) is 0 Å². The molecule has 1 heterocycles. The van der Waals surface area contributed by atoms with E-state index < -0.39 is 0 Å². The average molecular weight is 286 g/mol. The van der Waals surface area contributed by atoms with Crippen LogP contribution in [0.1, 0.15) is 34.8 Å². The van der Waals surface area contributed by atoms with Crippen LogP contribution < -0.4 is 5.69 Å². The van der Waals surface area contributed by atoms with Crippen LogP contribution >= 0.6 is 11.8 Å². The van der Waals surface area contributed by atoms with Crippen molar-refractivity contribution in [3.05, 3.63) is 39.8 Å². The normalized spacial score (nSPS) is 13.9. The zero-order chi connectivity index (χ0) is 14.1. The Morgan fingerprint density at radius 2 is 2.30 bits per heavy atom. The molecule has 0 atom stereocenters. The summed E-state index contributed by atoms with van der Waals surface area (Å²) in [6.45, 7) is 0. The van der Waals surface area contributed by atoms with Gasteiger partial charge in [-0.05, 0) is 36.7 Å². The molecule has 7 heteroatoms. The molecule has 100 valence electrons. The lowest BCUT2D eigenvalue weighted by molar-refractivity contribution is 0.112. The van der Waals surface area contributed by atoms with Gasteiger partial charge in [0, 0.05) is 16.5 Å². The summed E-state index contributed by atoms with van der Waals surface area (Å²) in [6, 6.07) is 7.14. The molecule has 1 saturated carbocycles. The van der Waals surface area contributed by atoms with Crippen LogP contribution in [-0.4, -0.2) is 21.1 Å². The summed E-state index contributed by atoms with van der Waals surface area (Å²) >= 11 is 1.26. The van der Waals surface area contributed by atoms with Gasteiger partial charge in [-0.3, -0.25) is 9.36 Å². The van der Waals surface area contributed by atoms with Crippen molar-refractivity contribution in [2.24, 2.45) is 0 Å². The van der Waals surface area contributed by atoms with Crippen molar-refractivity contribution in [2.45, 2.75) is 28.9 Å². The van der Waals surface area contributed by atoms with Gasteiger partial charge in [0.2, 0.25) is 0 Å². The largest absolute Gasteiger partial charge is 0.344 e. The maximum absolute atomic E-state index is 11.7. The maximum atomic E-state index is 11.7. The summed E-state index contributed by atoms with van der Waals surface area (Å²) in [6.07, 6.45) is 2.65. The van der Waals surface area contributed by atoms with E-state index in [9.17, 15) is 9.59 Å². The number of nitriles is 1. The van der Waals surface area contributed by atoms with E-state index in [-0.39, 0.29) is 11.7 Å². The van der Waals surface area contributed by atoms with Crippen molar-refractivity contribution in [2.75, 3.05) is 0 Å². The van der Waals surface area contributed by atoms with Crippen molar-refractivity contribution >= 4 is 18.0 Å². The van der Waals surface area contributed by atoms with Crippen LogP contribution in [0.2, 0.25) is 0 Å². The summed E-state index contributed by atoms with van der Waals surface area (Å²) in [5.74, 6) is 0. The van der Waals surface area contributed by atoms with Crippen molar-refractivity contribution < 1.29 is 4.79 Å². The molecule has 3 rings (SSSR count). The minimum Gasteiger partial charge on any atom is -0.298 e. The predicted molar refractivity (Wildman–Crippen MR) is 71.8 cm³/mol. The van der Waals surface area contributed by atoms with Crippen LogP contribution in [-0.2, 0) is 0 Å². The molecule has 0 unspecified atom stereocenters. The molecule has 1 aromatic carbocycles. The van der Waals surface area contributed by atoms with E-state index in [1.54, 1.807) is 16.7 Å². The quantitative estimate of drug-likeness (QED) is 0.864. The van der Waals surface area contributed by atoms with Crippen LogP contribution in [0, 0.1) is 11.3 Å². The van der Waals surface area contributed by atoms with E-state index in [0.29, 0.717) is 27.5 Å². The Labute approximate surface area is 118 Å². The summed E-state index contributed by atoms with van der Waals surface area (Å²) < 4.78 is 1.62. The second-order valence-electron chi connectivity index (χ2n) is 4.50. The number of carbonyl (C=O) groups is 1. The van der Waals surface area contributed by atoms with Crippen molar-refractivity contribution in [3.63, 3.8) is 0 Å². The van der Waals surface area contributed by atoms with Crippen LogP contribution in [0.3, 0.4) is 0 Å². The average Bonchev–Trinajstić information content (AvgIpc) is 3.24. The lowest BCUT2D eigenvalue weighted by atomic mass is 10.1. The zero-order valence-corrected chi connectivity index (χ0v) is 11.2. The molecule has 0 aliphatic heterocycles. The zero-order valence-electron chi connectivity index (χ0n) is 10.4. The smallest absolute Gasteiger partial charge is 0.298 e. The molecule has 1 aromatic heterocycles. The Morgan fingerprint density at radius 1 is 1.50 bits per heavy atom. The van der Waals surface area contributed by atoms with Gasteiger partial charge in [0.05, 0.1) is 5.56 Å². The number of H-pyrrole nitrogens is 1. The van der Waals surface area contributed by atoms with E-state index in [0.717, 1.165) is 12.8 Å². The minimum atomic E-state index is -0.224. The second-order valence-corrected chi connectivity index (χ2v) is 5.51. The standard InChI is InChI=1S/C13H10N4O2S/c14-6-9-5-8(7-18)1-4-11(9)20-13-16-15-12(19)17(13)10-2-3-10/h1,4-5,7,10H,2-3H2,(H,15,19). The van der Waals surface area contributed by atoms with E-state index in [2.05, 4.69) is 16.3 Å². The number of hydrogen-bond acceptors (Lipinski definition) is 5. The Balaban J connectivity index is 1.98. The van der Waals surface area contributed by atoms with E-state index >= 15 is 0 Å². The highest BCUT2D eigenvalue weighted by Gasteiger charge is 2.29. The van der Waals surface area contributed by atoms with Crippen LogP contribution in [0.25, 0.3) is 0 Å². The van der Waals surface area contributed by atoms with Gasteiger partial charge in [0.25, 0.3) is 0 Å². The number of hydrogen-bond donors (Lipinski definition) is 1.